The van der Waals surface area contributed by atoms with Crippen LogP contribution in [0.15, 0.2) is 30.3 Å². The Kier molecular flexibility index (Phi) is 5.10. The summed E-state index contributed by atoms with van der Waals surface area (Å²) in [7, 11) is 0. The summed E-state index contributed by atoms with van der Waals surface area (Å²) < 4.78 is 50.0. The Hall–Kier alpha value is -3.50. The van der Waals surface area contributed by atoms with Crippen LogP contribution in [-0.2, 0) is 12.7 Å². The first-order chi connectivity index (χ1) is 14.3. The molecule has 2 N–H and O–H groups in total. The molecule has 0 radical (unpaired) electrons. The van der Waals surface area contributed by atoms with E-state index < -0.39 is 11.9 Å². The number of benzene rings is 1. The van der Waals surface area contributed by atoms with Gasteiger partial charge in [-0.05, 0) is 43.7 Å². The second-order valence-electron chi connectivity index (χ2n) is 6.74. The summed E-state index contributed by atoms with van der Waals surface area (Å²) in [6.45, 7) is 2.26. The van der Waals surface area contributed by atoms with Gasteiger partial charge < -0.3 is 14.8 Å². The quantitative estimate of drug-likeness (QED) is 0.597. The van der Waals surface area contributed by atoms with Gasteiger partial charge in [0.05, 0.1) is 5.69 Å². The lowest BCUT2D eigenvalue weighted by Gasteiger charge is -2.06. The predicted molar refractivity (Wildman–Crippen MR) is 99.1 cm³/mol. The molecule has 3 heterocycles. The average molecular weight is 421 g/mol. The molecule has 0 atom stereocenters. The van der Waals surface area contributed by atoms with Crippen LogP contribution in [0, 0.1) is 6.92 Å². The smallest absolute Gasteiger partial charge is 0.435 e. The highest BCUT2D eigenvalue weighted by Crippen LogP contribution is 2.35. The number of nitrogens with zero attached hydrogens (tertiary/aromatic N) is 3. The number of fused-ring (bicyclic) bond motifs is 1. The van der Waals surface area contributed by atoms with Crippen LogP contribution in [0.2, 0.25) is 0 Å². The number of aryl methyl sites for hydroxylation is 2. The Bertz CT molecular complexity index is 1070. The molecule has 0 aliphatic carbocycles. The average Bonchev–Trinajstić information content (AvgIpc) is 3.43. The number of ether oxygens (including phenoxy) is 2. The molecule has 1 amide bonds. The molecule has 0 unspecified atom stereocenters. The van der Waals surface area contributed by atoms with Crippen molar-refractivity contribution in [2.75, 3.05) is 13.3 Å². The van der Waals surface area contributed by atoms with Gasteiger partial charge in [0.25, 0.3) is 5.91 Å². The first kappa shape index (κ1) is 19.8. The van der Waals surface area contributed by atoms with Crippen molar-refractivity contribution in [2.24, 2.45) is 0 Å². The molecule has 3 aromatic rings. The van der Waals surface area contributed by atoms with Gasteiger partial charge >= 0.3 is 6.18 Å². The monoisotopic (exact) mass is 421 g/mol. The molecule has 0 saturated heterocycles. The third kappa shape index (κ3) is 4.09. The fraction of sp³-hybridized carbons (Fsp3) is 0.316. The van der Waals surface area contributed by atoms with Gasteiger partial charge in [-0.25, -0.2) is 0 Å². The van der Waals surface area contributed by atoms with E-state index in [2.05, 4.69) is 20.6 Å². The molecular formula is C19H18F3N5O3. The molecule has 8 nitrogen and oxygen atoms in total. The minimum atomic E-state index is -4.47. The highest BCUT2D eigenvalue weighted by Gasteiger charge is 2.34. The van der Waals surface area contributed by atoms with Crippen molar-refractivity contribution in [3.8, 4) is 22.8 Å². The molecule has 1 aromatic carbocycles. The molecule has 0 bridgehead atoms. The number of carbonyl (C=O) groups excluding carboxylic acids is 1. The third-order valence-electron chi connectivity index (χ3n) is 4.59. The van der Waals surface area contributed by atoms with Gasteiger partial charge in [0.15, 0.2) is 17.2 Å². The standard InChI is InChI=1S/C19H18F3N5O3/c1-11-7-17(19(20,21)22)26-27(11)6-2-5-23-18(28)14-9-13(24-25-14)12-3-4-15-16(8-12)30-10-29-15/h3-4,7-9H,2,5-6,10H2,1H3,(H,23,28)(H,24,25). The maximum atomic E-state index is 12.7. The van der Waals surface area contributed by atoms with Gasteiger partial charge in [-0.3, -0.25) is 14.6 Å². The fourth-order valence-electron chi connectivity index (χ4n) is 3.04. The van der Waals surface area contributed by atoms with Crippen LogP contribution < -0.4 is 14.8 Å². The molecular weight excluding hydrogens is 403 g/mol. The number of alkyl halides is 3. The van der Waals surface area contributed by atoms with Crippen LogP contribution in [0.5, 0.6) is 11.5 Å². The number of aromatic nitrogens is 4. The summed E-state index contributed by atoms with van der Waals surface area (Å²) >= 11 is 0. The zero-order valence-corrected chi connectivity index (χ0v) is 15.9. The topological polar surface area (TPSA) is 94.1 Å². The van der Waals surface area contributed by atoms with Gasteiger partial charge in [-0.2, -0.15) is 23.4 Å². The van der Waals surface area contributed by atoms with Crippen LogP contribution in [0.25, 0.3) is 11.3 Å². The maximum absolute atomic E-state index is 12.7. The van der Waals surface area contributed by atoms with Gasteiger partial charge in [0, 0.05) is 24.3 Å². The number of aromatic amines is 1. The molecule has 1 aliphatic rings. The molecule has 0 fully saturated rings. The molecule has 30 heavy (non-hydrogen) atoms. The zero-order chi connectivity index (χ0) is 21.3. The summed E-state index contributed by atoms with van der Waals surface area (Å²) in [4.78, 5) is 12.3. The Morgan fingerprint density at radius 1 is 1.23 bits per heavy atom. The Balaban J connectivity index is 1.31. The summed E-state index contributed by atoms with van der Waals surface area (Å²) in [6, 6.07) is 7.98. The number of hydrogen-bond donors (Lipinski definition) is 2. The highest BCUT2D eigenvalue weighted by molar-refractivity contribution is 5.93. The van der Waals surface area contributed by atoms with E-state index in [0.717, 1.165) is 11.6 Å². The Morgan fingerprint density at radius 3 is 2.80 bits per heavy atom. The maximum Gasteiger partial charge on any atom is 0.435 e. The Morgan fingerprint density at radius 2 is 2.03 bits per heavy atom. The lowest BCUT2D eigenvalue weighted by Crippen LogP contribution is -2.25. The number of nitrogens with one attached hydrogen (secondary N) is 2. The molecule has 0 saturated carbocycles. The summed E-state index contributed by atoms with van der Waals surface area (Å²) in [5.41, 5.74) is 1.11. The van der Waals surface area contributed by atoms with Crippen LogP contribution in [0.1, 0.15) is 28.3 Å². The largest absolute Gasteiger partial charge is 0.454 e. The first-order valence-corrected chi connectivity index (χ1v) is 9.16. The fourth-order valence-corrected chi connectivity index (χ4v) is 3.04. The Labute approximate surface area is 169 Å². The summed E-state index contributed by atoms with van der Waals surface area (Å²) in [6.07, 6.45) is -4.05. The van der Waals surface area contributed by atoms with Crippen LogP contribution in [-0.4, -0.2) is 39.2 Å². The van der Waals surface area contributed by atoms with E-state index in [9.17, 15) is 18.0 Å². The molecule has 0 spiro atoms. The number of H-pyrrole nitrogens is 1. The second-order valence-corrected chi connectivity index (χ2v) is 6.74. The number of hydrogen-bond acceptors (Lipinski definition) is 5. The van der Waals surface area contributed by atoms with Crippen LogP contribution in [0.3, 0.4) is 0 Å². The lowest BCUT2D eigenvalue weighted by atomic mass is 10.1. The van der Waals surface area contributed by atoms with E-state index in [-0.39, 0.29) is 31.5 Å². The SMILES string of the molecule is Cc1cc(C(F)(F)F)nn1CCCNC(=O)c1cc(-c2ccc3c(c2)OCO3)n[nH]1. The van der Waals surface area contributed by atoms with Crippen molar-refractivity contribution in [3.05, 3.63) is 47.4 Å². The van der Waals surface area contributed by atoms with Crippen molar-refractivity contribution >= 4 is 5.91 Å². The van der Waals surface area contributed by atoms with Crippen LogP contribution in [0.4, 0.5) is 13.2 Å². The normalized spacial score (nSPS) is 12.9. The van der Waals surface area contributed by atoms with Crippen molar-refractivity contribution in [1.29, 1.82) is 0 Å². The van der Waals surface area contributed by atoms with E-state index in [1.165, 1.54) is 4.68 Å². The summed E-state index contributed by atoms with van der Waals surface area (Å²) in [5.74, 6) is 0.911. The van der Waals surface area contributed by atoms with E-state index in [4.69, 9.17) is 9.47 Å². The van der Waals surface area contributed by atoms with Gasteiger partial charge in [0.1, 0.15) is 5.69 Å². The molecule has 1 aliphatic heterocycles. The number of carbonyl (C=O) groups is 1. The third-order valence-corrected chi connectivity index (χ3v) is 4.59. The van der Waals surface area contributed by atoms with E-state index in [1.807, 2.05) is 6.07 Å². The predicted octanol–water partition coefficient (Wildman–Crippen LogP) is 3.15. The van der Waals surface area contributed by atoms with Crippen molar-refractivity contribution in [3.63, 3.8) is 0 Å². The van der Waals surface area contributed by atoms with Gasteiger partial charge in [0.2, 0.25) is 6.79 Å². The van der Waals surface area contributed by atoms with Crippen molar-refractivity contribution < 1.29 is 27.4 Å². The lowest BCUT2D eigenvalue weighted by molar-refractivity contribution is -0.141. The molecule has 2 aromatic heterocycles. The minimum Gasteiger partial charge on any atom is -0.454 e. The highest BCUT2D eigenvalue weighted by atomic mass is 19.4. The molecule has 4 rings (SSSR count). The number of amides is 1. The van der Waals surface area contributed by atoms with Crippen molar-refractivity contribution in [1.82, 2.24) is 25.3 Å². The van der Waals surface area contributed by atoms with E-state index in [1.54, 1.807) is 25.1 Å². The van der Waals surface area contributed by atoms with Gasteiger partial charge in [-0.15, -0.1) is 0 Å². The summed E-state index contributed by atoms with van der Waals surface area (Å²) in [5, 5.41) is 13.1. The number of halogens is 3. The van der Waals surface area contributed by atoms with Crippen LogP contribution >= 0.6 is 0 Å². The molecule has 158 valence electrons. The zero-order valence-electron chi connectivity index (χ0n) is 15.9. The minimum absolute atomic E-state index is 0.169. The van der Waals surface area contributed by atoms with E-state index in [0.29, 0.717) is 29.3 Å². The number of rotatable bonds is 6. The van der Waals surface area contributed by atoms with Gasteiger partial charge in [-0.1, -0.05) is 0 Å². The first-order valence-electron chi connectivity index (χ1n) is 9.16. The van der Waals surface area contributed by atoms with E-state index >= 15 is 0 Å². The molecule has 11 heteroatoms. The second kappa shape index (κ2) is 7.73. The van der Waals surface area contributed by atoms with Crippen molar-refractivity contribution in [2.45, 2.75) is 26.1 Å².